The van der Waals surface area contributed by atoms with Crippen LogP contribution in [0.2, 0.25) is 4.34 Å². The van der Waals surface area contributed by atoms with Crippen LogP contribution in [0.1, 0.15) is 5.56 Å². The number of rotatable bonds is 2. The van der Waals surface area contributed by atoms with E-state index in [9.17, 15) is 0 Å². The molecule has 0 aliphatic carbocycles. The van der Waals surface area contributed by atoms with Crippen LogP contribution in [0.3, 0.4) is 0 Å². The van der Waals surface area contributed by atoms with Crippen molar-refractivity contribution in [3.05, 3.63) is 40.2 Å². The second-order valence-electron chi connectivity index (χ2n) is 3.70. The van der Waals surface area contributed by atoms with Crippen molar-refractivity contribution >= 4 is 39.3 Å². The van der Waals surface area contributed by atoms with Crippen LogP contribution in [0.15, 0.2) is 30.3 Å². The minimum absolute atomic E-state index is 0.776. The van der Waals surface area contributed by atoms with Gasteiger partial charge in [0, 0.05) is 7.05 Å². The third-order valence-corrected chi connectivity index (χ3v) is 3.74. The van der Waals surface area contributed by atoms with E-state index in [1.54, 1.807) is 11.3 Å². The molecule has 1 heterocycles. The minimum atomic E-state index is 0.776. The molecule has 2 nitrogen and oxygen atoms in total. The number of nitrogens with zero attached hydrogens (tertiary/aromatic N) is 1. The monoisotopic (exact) mass is 252 g/mol. The van der Waals surface area contributed by atoms with Gasteiger partial charge in [-0.15, -0.1) is 11.3 Å². The summed E-state index contributed by atoms with van der Waals surface area (Å²) < 4.78 is 0.785. The number of thiophene rings is 1. The van der Waals surface area contributed by atoms with Crippen LogP contribution in [-0.4, -0.2) is 7.05 Å². The summed E-state index contributed by atoms with van der Waals surface area (Å²) in [6.07, 6.45) is 0. The molecular weight excluding hydrogens is 240 g/mol. The lowest BCUT2D eigenvalue weighted by atomic mass is 10.2. The topological polar surface area (TPSA) is 29.3 Å². The van der Waals surface area contributed by atoms with Crippen molar-refractivity contribution in [2.24, 2.45) is 0 Å². The van der Waals surface area contributed by atoms with E-state index in [2.05, 4.69) is 17.9 Å². The first-order valence-electron chi connectivity index (χ1n) is 4.93. The number of benzene rings is 1. The number of hydrogen-bond acceptors (Lipinski definition) is 3. The lowest BCUT2D eigenvalue weighted by Crippen LogP contribution is -2.10. The maximum absolute atomic E-state index is 5.96. The van der Waals surface area contributed by atoms with Crippen LogP contribution in [0.25, 0.3) is 0 Å². The van der Waals surface area contributed by atoms with Gasteiger partial charge in [-0.3, -0.25) is 0 Å². The first-order valence-corrected chi connectivity index (χ1v) is 6.12. The van der Waals surface area contributed by atoms with Gasteiger partial charge in [0.25, 0.3) is 0 Å². The Morgan fingerprint density at radius 3 is 2.62 bits per heavy atom. The van der Waals surface area contributed by atoms with Crippen molar-refractivity contribution in [1.29, 1.82) is 0 Å². The highest BCUT2D eigenvalue weighted by atomic mass is 35.5. The lowest BCUT2D eigenvalue weighted by molar-refractivity contribution is 1.23. The Morgan fingerprint density at radius 1 is 1.25 bits per heavy atom. The Labute approximate surface area is 104 Å². The van der Waals surface area contributed by atoms with Crippen molar-refractivity contribution in [3.8, 4) is 0 Å². The van der Waals surface area contributed by atoms with Crippen molar-refractivity contribution < 1.29 is 0 Å². The number of nitrogen functional groups attached to an aromatic ring is 1. The van der Waals surface area contributed by atoms with Crippen molar-refractivity contribution in [2.75, 3.05) is 17.7 Å². The molecule has 0 atom stereocenters. The molecule has 0 amide bonds. The zero-order chi connectivity index (χ0) is 11.7. The molecule has 0 saturated carbocycles. The Kier molecular flexibility index (Phi) is 3.08. The fourth-order valence-corrected chi connectivity index (χ4v) is 2.56. The van der Waals surface area contributed by atoms with Gasteiger partial charge < -0.3 is 10.6 Å². The Balaban J connectivity index is 2.40. The van der Waals surface area contributed by atoms with Crippen LogP contribution in [0, 0.1) is 6.92 Å². The molecule has 0 aliphatic heterocycles. The number of hydrogen-bond donors (Lipinski definition) is 1. The van der Waals surface area contributed by atoms with Crippen molar-refractivity contribution in [3.63, 3.8) is 0 Å². The van der Waals surface area contributed by atoms with Gasteiger partial charge in [-0.25, -0.2) is 0 Å². The van der Waals surface area contributed by atoms with E-state index in [4.69, 9.17) is 17.3 Å². The van der Waals surface area contributed by atoms with Crippen molar-refractivity contribution in [1.82, 2.24) is 0 Å². The van der Waals surface area contributed by atoms with Gasteiger partial charge in [0.1, 0.15) is 0 Å². The first-order chi connectivity index (χ1) is 7.58. The quantitative estimate of drug-likeness (QED) is 0.817. The van der Waals surface area contributed by atoms with Crippen LogP contribution < -0.4 is 10.6 Å². The SMILES string of the molecule is Cc1ccc(N)c(N(C)c2ccc(Cl)s2)c1. The molecule has 0 spiro atoms. The van der Waals surface area contributed by atoms with E-state index < -0.39 is 0 Å². The number of anilines is 3. The van der Waals surface area contributed by atoms with Gasteiger partial charge in [-0.1, -0.05) is 17.7 Å². The van der Waals surface area contributed by atoms with Gasteiger partial charge in [0.15, 0.2) is 0 Å². The zero-order valence-corrected chi connectivity index (χ0v) is 10.8. The highest BCUT2D eigenvalue weighted by molar-refractivity contribution is 7.20. The van der Waals surface area contributed by atoms with Crippen LogP contribution in [-0.2, 0) is 0 Å². The highest BCUT2D eigenvalue weighted by Gasteiger charge is 2.09. The van der Waals surface area contributed by atoms with E-state index >= 15 is 0 Å². The second kappa shape index (κ2) is 4.36. The van der Waals surface area contributed by atoms with Crippen molar-refractivity contribution in [2.45, 2.75) is 6.92 Å². The average Bonchev–Trinajstić information content (AvgIpc) is 2.67. The smallest absolute Gasteiger partial charge is 0.0966 e. The average molecular weight is 253 g/mol. The molecule has 16 heavy (non-hydrogen) atoms. The van der Waals surface area contributed by atoms with Gasteiger partial charge in [-0.2, -0.15) is 0 Å². The standard InChI is InChI=1S/C12H13ClN2S/c1-8-3-4-9(14)10(7-8)15(2)12-6-5-11(13)16-12/h3-7H,14H2,1-2H3. The normalized spacial score (nSPS) is 10.4. The third-order valence-electron chi connectivity index (χ3n) is 2.44. The predicted molar refractivity (Wildman–Crippen MR) is 73.0 cm³/mol. The van der Waals surface area contributed by atoms with Gasteiger partial charge in [0.05, 0.1) is 20.7 Å². The summed E-state index contributed by atoms with van der Waals surface area (Å²) in [5.41, 5.74) is 8.95. The summed E-state index contributed by atoms with van der Waals surface area (Å²) in [6.45, 7) is 2.05. The molecule has 0 saturated heterocycles. The third kappa shape index (κ3) is 2.15. The Morgan fingerprint density at radius 2 is 2.00 bits per heavy atom. The van der Waals surface area contributed by atoms with E-state index in [0.29, 0.717) is 0 Å². The Bertz CT molecular complexity index is 507. The molecule has 2 aromatic rings. The van der Waals surface area contributed by atoms with E-state index in [1.807, 2.05) is 31.3 Å². The molecular formula is C12H13ClN2S. The number of nitrogens with two attached hydrogens (primary N) is 1. The second-order valence-corrected chi connectivity index (χ2v) is 5.39. The minimum Gasteiger partial charge on any atom is -0.397 e. The van der Waals surface area contributed by atoms with Crippen LogP contribution in [0.5, 0.6) is 0 Å². The molecule has 4 heteroatoms. The van der Waals surface area contributed by atoms with Gasteiger partial charge in [-0.05, 0) is 36.8 Å². The molecule has 84 valence electrons. The molecule has 2 rings (SSSR count). The molecule has 0 radical (unpaired) electrons. The molecule has 0 bridgehead atoms. The highest BCUT2D eigenvalue weighted by Crippen LogP contribution is 2.35. The van der Waals surface area contributed by atoms with Crippen LogP contribution in [0.4, 0.5) is 16.4 Å². The maximum Gasteiger partial charge on any atom is 0.0966 e. The van der Waals surface area contributed by atoms with E-state index in [1.165, 1.54) is 5.56 Å². The molecule has 2 N–H and O–H groups in total. The molecule has 1 aromatic heterocycles. The van der Waals surface area contributed by atoms with Gasteiger partial charge >= 0.3 is 0 Å². The summed E-state index contributed by atoms with van der Waals surface area (Å²) in [4.78, 5) is 2.05. The fourth-order valence-electron chi connectivity index (χ4n) is 1.55. The molecule has 0 unspecified atom stereocenters. The van der Waals surface area contributed by atoms with Crippen LogP contribution >= 0.6 is 22.9 Å². The van der Waals surface area contributed by atoms with E-state index in [-0.39, 0.29) is 0 Å². The number of aryl methyl sites for hydroxylation is 1. The van der Waals surface area contributed by atoms with E-state index in [0.717, 1.165) is 20.7 Å². The maximum atomic E-state index is 5.96. The zero-order valence-electron chi connectivity index (χ0n) is 9.20. The molecule has 0 aliphatic rings. The first kappa shape index (κ1) is 11.3. The summed E-state index contributed by atoms with van der Waals surface area (Å²) >= 11 is 7.46. The summed E-state index contributed by atoms with van der Waals surface area (Å²) in [5, 5.41) is 1.09. The predicted octanol–water partition coefficient (Wildman–Crippen LogP) is 4.06. The van der Waals surface area contributed by atoms with Gasteiger partial charge in [0.2, 0.25) is 0 Å². The Hall–Kier alpha value is -1.19. The lowest BCUT2D eigenvalue weighted by Gasteiger charge is -2.19. The summed E-state index contributed by atoms with van der Waals surface area (Å²) in [5.74, 6) is 0. The summed E-state index contributed by atoms with van der Waals surface area (Å²) in [6, 6.07) is 9.90. The molecule has 0 fully saturated rings. The summed E-state index contributed by atoms with van der Waals surface area (Å²) in [7, 11) is 1.99. The number of halogens is 1. The molecule has 1 aromatic carbocycles. The largest absolute Gasteiger partial charge is 0.397 e. The fraction of sp³-hybridized carbons (Fsp3) is 0.167.